The van der Waals surface area contributed by atoms with Gasteiger partial charge in [-0.15, -0.1) is 21.9 Å². The average Bonchev–Trinajstić information content (AvgIpc) is 3.05. The van der Waals surface area contributed by atoms with Gasteiger partial charge in [-0.3, -0.25) is 0 Å². The molecule has 4 aromatic rings. The summed E-state index contributed by atoms with van der Waals surface area (Å²) in [5.41, 5.74) is -11.8. The molecular formula is C28H12BF16O4-. The SMILES string of the molecule is COc1c(F)c(F)c(F)c([B-](c2c(F)c(F)c(F)c(OC)c2F)(c2c(F)c(F)c(F)c(OC)c2F)c2c(F)c(F)c(F)c(OC)c2F)c1F. The Balaban J connectivity index is 2.73. The number of halogens is 16. The van der Waals surface area contributed by atoms with Crippen LogP contribution in [-0.2, 0) is 0 Å². The predicted molar refractivity (Wildman–Crippen MR) is 136 cm³/mol. The monoisotopic (exact) mass is 727 g/mol. The third-order valence-electron chi connectivity index (χ3n) is 7.58. The molecule has 0 radical (unpaired) electrons. The molecule has 0 saturated carbocycles. The largest absolute Gasteiger partial charge is 0.491 e. The zero-order valence-electron chi connectivity index (χ0n) is 24.3. The summed E-state index contributed by atoms with van der Waals surface area (Å²) in [4.78, 5) is 0. The molecule has 21 heteroatoms. The number of methoxy groups -OCH3 is 4. The summed E-state index contributed by atoms with van der Waals surface area (Å²) < 4.78 is 266. The molecule has 0 atom stereocenters. The maximum Gasteiger partial charge on any atom is 0.206 e. The first-order chi connectivity index (χ1) is 22.9. The highest BCUT2D eigenvalue weighted by Gasteiger charge is 2.52. The van der Waals surface area contributed by atoms with E-state index in [1.807, 2.05) is 0 Å². The van der Waals surface area contributed by atoms with Crippen LogP contribution in [0.5, 0.6) is 23.0 Å². The fourth-order valence-corrected chi connectivity index (χ4v) is 5.62. The summed E-state index contributed by atoms with van der Waals surface area (Å²) in [5, 5.41) is 0. The van der Waals surface area contributed by atoms with Crippen LogP contribution in [0.25, 0.3) is 0 Å². The Morgan fingerprint density at radius 2 is 0.408 bits per heavy atom. The van der Waals surface area contributed by atoms with Gasteiger partial charge in [0.25, 0.3) is 0 Å². The first kappa shape index (κ1) is 36.9. The van der Waals surface area contributed by atoms with Crippen molar-refractivity contribution in [2.75, 3.05) is 28.4 Å². The minimum atomic E-state index is -6.61. The Morgan fingerprint density at radius 3 is 0.551 bits per heavy atom. The molecule has 4 nitrogen and oxygen atoms in total. The smallest absolute Gasteiger partial charge is 0.206 e. The van der Waals surface area contributed by atoms with Crippen LogP contribution in [0.15, 0.2) is 0 Å². The Morgan fingerprint density at radius 1 is 0.245 bits per heavy atom. The normalized spacial score (nSPS) is 11.7. The Bertz CT molecular complexity index is 1760. The van der Waals surface area contributed by atoms with E-state index in [1.54, 1.807) is 0 Å². The molecule has 4 rings (SSSR count). The van der Waals surface area contributed by atoms with Gasteiger partial charge in [-0.2, -0.15) is 17.6 Å². The van der Waals surface area contributed by atoms with Crippen molar-refractivity contribution in [3.63, 3.8) is 0 Å². The molecule has 0 aliphatic carbocycles. The van der Waals surface area contributed by atoms with Crippen molar-refractivity contribution in [3.8, 4) is 23.0 Å². The minimum Gasteiger partial charge on any atom is -0.491 e. The summed E-state index contributed by atoms with van der Waals surface area (Å²) in [5.74, 6) is -57.2. The highest BCUT2D eigenvalue weighted by Crippen LogP contribution is 2.36. The number of hydrogen-bond donors (Lipinski definition) is 0. The first-order valence-corrected chi connectivity index (χ1v) is 12.6. The molecule has 0 aliphatic heterocycles. The lowest BCUT2D eigenvalue weighted by Gasteiger charge is -2.45. The van der Waals surface area contributed by atoms with Crippen molar-refractivity contribution >= 4 is 28.0 Å². The van der Waals surface area contributed by atoms with Gasteiger partial charge in [0.2, 0.25) is 23.3 Å². The Hall–Kier alpha value is -4.98. The molecule has 0 amide bonds. The molecule has 0 fully saturated rings. The van der Waals surface area contributed by atoms with Gasteiger partial charge >= 0.3 is 0 Å². The molecule has 0 heterocycles. The second-order valence-corrected chi connectivity index (χ2v) is 9.68. The lowest BCUT2D eigenvalue weighted by Crippen LogP contribution is -2.80. The molecule has 264 valence electrons. The molecule has 0 bridgehead atoms. The molecule has 0 unspecified atom stereocenters. The van der Waals surface area contributed by atoms with E-state index in [-0.39, 0.29) is 28.4 Å². The predicted octanol–water partition coefficient (Wildman–Crippen LogP) is 5.32. The van der Waals surface area contributed by atoms with Gasteiger partial charge in [0, 0.05) is 0 Å². The Kier molecular flexibility index (Phi) is 9.63. The van der Waals surface area contributed by atoms with Gasteiger partial charge in [0.15, 0.2) is 46.3 Å². The maximum absolute atomic E-state index is 16.3. The van der Waals surface area contributed by atoms with Crippen molar-refractivity contribution < 1.29 is 89.2 Å². The van der Waals surface area contributed by atoms with Crippen molar-refractivity contribution in [3.05, 3.63) is 93.1 Å². The van der Waals surface area contributed by atoms with Crippen LogP contribution in [0.3, 0.4) is 0 Å². The van der Waals surface area contributed by atoms with E-state index in [2.05, 4.69) is 18.9 Å². The van der Waals surface area contributed by atoms with E-state index in [4.69, 9.17) is 0 Å². The lowest BCUT2D eigenvalue weighted by molar-refractivity contribution is 0.335. The van der Waals surface area contributed by atoms with E-state index in [9.17, 15) is 17.6 Å². The highest BCUT2D eigenvalue weighted by atomic mass is 19.2. The number of benzene rings is 4. The van der Waals surface area contributed by atoms with Crippen LogP contribution in [0.2, 0.25) is 0 Å². The first-order valence-electron chi connectivity index (χ1n) is 12.6. The van der Waals surface area contributed by atoms with E-state index >= 15 is 52.7 Å². The van der Waals surface area contributed by atoms with Gasteiger partial charge in [-0.05, 0) is 0 Å². The summed E-state index contributed by atoms with van der Waals surface area (Å²) in [7, 11) is 1.07. The highest BCUT2D eigenvalue weighted by molar-refractivity contribution is 7.20. The molecule has 0 aromatic heterocycles. The molecule has 49 heavy (non-hydrogen) atoms. The molecule has 0 N–H and O–H groups in total. The number of ether oxygens (including phenoxy) is 4. The van der Waals surface area contributed by atoms with Crippen LogP contribution in [-0.4, -0.2) is 34.6 Å². The maximum atomic E-state index is 16.3. The summed E-state index contributed by atoms with van der Waals surface area (Å²) in [6, 6.07) is 0. The summed E-state index contributed by atoms with van der Waals surface area (Å²) in [6.07, 6.45) is -6.61. The number of hydrogen-bond acceptors (Lipinski definition) is 4. The van der Waals surface area contributed by atoms with Gasteiger partial charge in [-0.25, -0.2) is 52.7 Å². The standard InChI is InChI=1S/C28H12BF16O4/c1-46-25-13(34)5(9(30)17(38)21(25)42)29(6-10(31)18(39)22(43)26(47-2)14(6)35,7-11(32)19(40)23(44)27(48-3)15(7)36)8-12(33)20(41)24(45)28(49-4)16(8)37/h1-4H3/q-1. The van der Waals surface area contributed by atoms with Gasteiger partial charge in [-0.1, -0.05) is 0 Å². The van der Waals surface area contributed by atoms with E-state index in [0.717, 1.165) is 0 Å². The van der Waals surface area contributed by atoms with Crippen molar-refractivity contribution in [1.82, 2.24) is 0 Å². The van der Waals surface area contributed by atoms with Crippen molar-refractivity contribution in [2.24, 2.45) is 0 Å². The number of rotatable bonds is 8. The second-order valence-electron chi connectivity index (χ2n) is 9.68. The fraction of sp³-hybridized carbons (Fsp3) is 0.143. The second kappa shape index (κ2) is 12.8. The van der Waals surface area contributed by atoms with Crippen molar-refractivity contribution in [1.29, 1.82) is 0 Å². The molecule has 4 aromatic carbocycles. The van der Waals surface area contributed by atoms with E-state index < -0.39 is 144 Å². The molecule has 0 aliphatic rings. The van der Waals surface area contributed by atoms with Crippen molar-refractivity contribution in [2.45, 2.75) is 0 Å². The minimum absolute atomic E-state index is 0.266. The quantitative estimate of drug-likeness (QED) is 0.107. The van der Waals surface area contributed by atoms with Gasteiger partial charge in [0.05, 0.1) is 28.4 Å². The molecular weight excluding hydrogens is 715 g/mol. The zero-order chi connectivity index (χ0) is 37.2. The topological polar surface area (TPSA) is 36.9 Å². The van der Waals surface area contributed by atoms with Crippen LogP contribution in [0.1, 0.15) is 0 Å². The van der Waals surface area contributed by atoms with Gasteiger partial charge in [0.1, 0.15) is 52.7 Å². The fourth-order valence-electron chi connectivity index (χ4n) is 5.62. The zero-order valence-corrected chi connectivity index (χ0v) is 24.3. The summed E-state index contributed by atoms with van der Waals surface area (Å²) in [6.45, 7) is 0. The molecule has 0 spiro atoms. The van der Waals surface area contributed by atoms with Crippen LogP contribution >= 0.6 is 0 Å². The van der Waals surface area contributed by atoms with E-state index in [1.165, 1.54) is 0 Å². The Labute approximate surface area is 262 Å². The van der Waals surface area contributed by atoms with Crippen LogP contribution in [0, 0.1) is 93.1 Å². The van der Waals surface area contributed by atoms with Crippen LogP contribution in [0.4, 0.5) is 70.2 Å². The molecule has 0 saturated heterocycles. The lowest BCUT2D eigenvalue weighted by atomic mass is 9.12. The third-order valence-corrected chi connectivity index (χ3v) is 7.58. The summed E-state index contributed by atoms with van der Waals surface area (Å²) >= 11 is 0. The van der Waals surface area contributed by atoms with E-state index in [0.29, 0.717) is 0 Å². The van der Waals surface area contributed by atoms with Crippen LogP contribution < -0.4 is 40.8 Å². The third kappa shape index (κ3) is 4.78. The van der Waals surface area contributed by atoms with Gasteiger partial charge < -0.3 is 18.9 Å². The average molecular weight is 727 g/mol.